The Labute approximate surface area is 103 Å². The number of rotatable bonds is 4. The van der Waals surface area contributed by atoms with Gasteiger partial charge >= 0.3 is 0 Å². The van der Waals surface area contributed by atoms with Gasteiger partial charge in [-0.05, 0) is 23.8 Å². The van der Waals surface area contributed by atoms with Gasteiger partial charge in [-0.3, -0.25) is 9.48 Å². The van der Waals surface area contributed by atoms with E-state index in [4.69, 9.17) is 5.73 Å². The van der Waals surface area contributed by atoms with E-state index in [0.29, 0.717) is 12.4 Å². The molecule has 0 unspecified atom stereocenters. The van der Waals surface area contributed by atoms with Crippen LogP contribution < -0.4 is 11.1 Å². The average molecular weight is 248 g/mol. The zero-order chi connectivity index (χ0) is 13.0. The molecule has 0 aliphatic rings. The molecule has 2 aromatic rings. The first-order chi connectivity index (χ1) is 8.63. The van der Waals surface area contributed by atoms with E-state index in [9.17, 15) is 9.18 Å². The second-order valence-corrected chi connectivity index (χ2v) is 3.84. The molecule has 5 nitrogen and oxygen atoms in total. The molecular formula is C12H13FN4O. The largest absolute Gasteiger partial charge is 0.382 e. The highest BCUT2D eigenvalue weighted by atomic mass is 19.1. The number of hydrogen-bond acceptors (Lipinski definition) is 3. The first-order valence-corrected chi connectivity index (χ1v) is 5.43. The van der Waals surface area contributed by atoms with Gasteiger partial charge in [0, 0.05) is 12.7 Å². The molecule has 0 aliphatic heterocycles. The van der Waals surface area contributed by atoms with Crippen LogP contribution in [0.15, 0.2) is 36.5 Å². The Kier molecular flexibility index (Phi) is 3.57. The third-order valence-corrected chi connectivity index (χ3v) is 2.37. The monoisotopic (exact) mass is 248 g/mol. The van der Waals surface area contributed by atoms with Crippen LogP contribution in [-0.2, 0) is 17.9 Å². The molecule has 18 heavy (non-hydrogen) atoms. The molecule has 2 rings (SSSR count). The number of nitrogens with zero attached hydrogens (tertiary/aromatic N) is 2. The second-order valence-electron chi connectivity index (χ2n) is 3.84. The van der Waals surface area contributed by atoms with Gasteiger partial charge in [0.15, 0.2) is 0 Å². The number of nitrogen functional groups attached to an aromatic ring is 1. The Morgan fingerprint density at radius 2 is 2.06 bits per heavy atom. The van der Waals surface area contributed by atoms with Gasteiger partial charge in [0.05, 0.1) is 0 Å². The van der Waals surface area contributed by atoms with E-state index in [1.165, 1.54) is 16.8 Å². The molecule has 0 spiro atoms. The third-order valence-electron chi connectivity index (χ3n) is 2.37. The number of benzene rings is 1. The Hall–Kier alpha value is -2.37. The van der Waals surface area contributed by atoms with Crippen molar-refractivity contribution >= 4 is 11.7 Å². The predicted octanol–water partition coefficient (Wildman–Crippen LogP) is 0.921. The summed E-state index contributed by atoms with van der Waals surface area (Å²) < 4.78 is 14.1. The van der Waals surface area contributed by atoms with E-state index in [0.717, 1.165) is 5.56 Å². The number of amides is 1. The van der Waals surface area contributed by atoms with Crippen LogP contribution in [0.1, 0.15) is 5.56 Å². The van der Waals surface area contributed by atoms with Gasteiger partial charge in [-0.15, -0.1) is 0 Å². The third kappa shape index (κ3) is 3.31. The summed E-state index contributed by atoms with van der Waals surface area (Å²) in [6.45, 7) is 0.467. The van der Waals surface area contributed by atoms with E-state index < -0.39 is 0 Å². The summed E-state index contributed by atoms with van der Waals surface area (Å²) in [5.41, 5.74) is 6.27. The number of nitrogens with one attached hydrogen (secondary N) is 1. The van der Waals surface area contributed by atoms with Gasteiger partial charge in [0.25, 0.3) is 0 Å². The first kappa shape index (κ1) is 12.1. The van der Waals surface area contributed by atoms with Crippen molar-refractivity contribution < 1.29 is 9.18 Å². The fourth-order valence-corrected chi connectivity index (χ4v) is 1.47. The van der Waals surface area contributed by atoms with Crippen molar-refractivity contribution in [1.29, 1.82) is 0 Å². The predicted molar refractivity (Wildman–Crippen MR) is 64.9 cm³/mol. The molecular weight excluding hydrogens is 235 g/mol. The number of aromatic nitrogens is 2. The molecule has 0 fully saturated rings. The minimum Gasteiger partial charge on any atom is -0.382 e. The molecule has 0 saturated carbocycles. The van der Waals surface area contributed by atoms with Crippen LogP contribution in [0.4, 0.5) is 10.2 Å². The summed E-state index contributed by atoms with van der Waals surface area (Å²) in [5, 5.41) is 6.61. The van der Waals surface area contributed by atoms with Crippen LogP contribution in [0.2, 0.25) is 0 Å². The van der Waals surface area contributed by atoms with Crippen LogP contribution in [0.3, 0.4) is 0 Å². The maximum absolute atomic E-state index is 12.7. The Bertz CT molecular complexity index is 535. The molecule has 1 amide bonds. The normalized spacial score (nSPS) is 10.3. The first-order valence-electron chi connectivity index (χ1n) is 5.43. The minimum atomic E-state index is -0.294. The van der Waals surface area contributed by atoms with Crippen LogP contribution in [-0.4, -0.2) is 15.7 Å². The van der Waals surface area contributed by atoms with Crippen LogP contribution >= 0.6 is 0 Å². The lowest BCUT2D eigenvalue weighted by molar-refractivity contribution is -0.122. The molecule has 0 radical (unpaired) electrons. The van der Waals surface area contributed by atoms with Crippen molar-refractivity contribution in [3.8, 4) is 0 Å². The topological polar surface area (TPSA) is 72.9 Å². The van der Waals surface area contributed by atoms with Crippen molar-refractivity contribution in [3.63, 3.8) is 0 Å². The van der Waals surface area contributed by atoms with Crippen LogP contribution in [0, 0.1) is 5.82 Å². The van der Waals surface area contributed by atoms with Gasteiger partial charge in [-0.1, -0.05) is 12.1 Å². The number of carbonyl (C=O) groups is 1. The highest BCUT2D eigenvalue weighted by Gasteiger charge is 2.03. The molecule has 0 bridgehead atoms. The maximum Gasteiger partial charge on any atom is 0.241 e. The van der Waals surface area contributed by atoms with Crippen molar-refractivity contribution in [2.45, 2.75) is 13.1 Å². The van der Waals surface area contributed by atoms with E-state index in [2.05, 4.69) is 10.4 Å². The van der Waals surface area contributed by atoms with Crippen molar-refractivity contribution in [3.05, 3.63) is 47.9 Å². The zero-order valence-electron chi connectivity index (χ0n) is 9.64. The lowest BCUT2D eigenvalue weighted by atomic mass is 10.2. The summed E-state index contributed by atoms with van der Waals surface area (Å²) in [6.07, 6.45) is 1.63. The van der Waals surface area contributed by atoms with E-state index in [1.807, 2.05) is 0 Å². The second kappa shape index (κ2) is 5.31. The highest BCUT2D eigenvalue weighted by molar-refractivity contribution is 5.75. The molecule has 94 valence electrons. The summed E-state index contributed by atoms with van der Waals surface area (Å²) in [6, 6.07) is 7.58. The Balaban J connectivity index is 1.83. The number of hydrogen-bond donors (Lipinski definition) is 2. The number of halogens is 1. The fraction of sp³-hybridized carbons (Fsp3) is 0.167. The average Bonchev–Trinajstić information content (AvgIpc) is 2.74. The van der Waals surface area contributed by atoms with Crippen LogP contribution in [0.25, 0.3) is 0 Å². The quantitative estimate of drug-likeness (QED) is 0.845. The van der Waals surface area contributed by atoms with Crippen molar-refractivity contribution in [2.75, 3.05) is 5.73 Å². The summed E-state index contributed by atoms with van der Waals surface area (Å²) in [7, 11) is 0. The summed E-state index contributed by atoms with van der Waals surface area (Å²) >= 11 is 0. The van der Waals surface area contributed by atoms with Crippen LogP contribution in [0.5, 0.6) is 0 Å². The van der Waals surface area contributed by atoms with Gasteiger partial charge in [-0.25, -0.2) is 4.39 Å². The lowest BCUT2D eigenvalue weighted by Crippen LogP contribution is -2.27. The summed E-state index contributed by atoms with van der Waals surface area (Å²) in [4.78, 5) is 11.6. The molecule has 3 N–H and O–H groups in total. The van der Waals surface area contributed by atoms with Crippen molar-refractivity contribution in [2.24, 2.45) is 0 Å². The van der Waals surface area contributed by atoms with Gasteiger partial charge < -0.3 is 11.1 Å². The number of anilines is 1. The standard InChI is InChI=1S/C12H13FN4O/c13-10-3-1-9(2-4-10)7-15-12(18)8-17-6-5-11(14)16-17/h1-6H,7-8H2,(H2,14,16)(H,15,18). The van der Waals surface area contributed by atoms with Gasteiger partial charge in [-0.2, -0.15) is 5.10 Å². The zero-order valence-corrected chi connectivity index (χ0v) is 9.64. The molecule has 0 saturated heterocycles. The van der Waals surface area contributed by atoms with Gasteiger partial charge in [0.1, 0.15) is 18.2 Å². The van der Waals surface area contributed by atoms with E-state index in [-0.39, 0.29) is 18.3 Å². The van der Waals surface area contributed by atoms with Gasteiger partial charge in [0.2, 0.25) is 5.91 Å². The number of carbonyl (C=O) groups excluding carboxylic acids is 1. The smallest absolute Gasteiger partial charge is 0.241 e. The number of nitrogens with two attached hydrogens (primary N) is 1. The minimum absolute atomic E-state index is 0.110. The Morgan fingerprint density at radius 1 is 1.33 bits per heavy atom. The molecule has 1 aromatic heterocycles. The van der Waals surface area contributed by atoms with E-state index in [1.54, 1.807) is 24.4 Å². The molecule has 1 aromatic carbocycles. The molecule has 6 heteroatoms. The lowest BCUT2D eigenvalue weighted by Gasteiger charge is -2.05. The van der Waals surface area contributed by atoms with Crippen molar-refractivity contribution in [1.82, 2.24) is 15.1 Å². The maximum atomic E-state index is 12.7. The fourth-order valence-electron chi connectivity index (χ4n) is 1.47. The SMILES string of the molecule is Nc1ccn(CC(=O)NCc2ccc(F)cc2)n1. The molecule has 0 atom stereocenters. The Morgan fingerprint density at radius 3 is 2.67 bits per heavy atom. The summed E-state index contributed by atoms with van der Waals surface area (Å²) in [5.74, 6) is -0.0964. The molecule has 1 heterocycles. The highest BCUT2D eigenvalue weighted by Crippen LogP contribution is 2.02. The molecule has 0 aliphatic carbocycles. The van der Waals surface area contributed by atoms with E-state index >= 15 is 0 Å².